The Morgan fingerprint density at radius 3 is 0.597 bits per heavy atom. The first kappa shape index (κ1) is 77.1. The predicted octanol–water partition coefficient (Wildman–Crippen LogP) is 18.9. The Morgan fingerprint density at radius 2 is 0.418 bits per heavy atom. The maximum atomic E-state index is 12.0. The van der Waals surface area contributed by atoms with E-state index >= 15 is 0 Å². The Labute approximate surface area is 465 Å². The normalized spacial score (nSPS) is 13.9. The first-order valence-electron chi connectivity index (χ1n) is 27.7. The summed E-state index contributed by atoms with van der Waals surface area (Å²) < 4.78 is 16.1. The average Bonchev–Trinajstić information content (AvgIpc) is 3.28. The predicted molar refractivity (Wildman–Crippen MR) is 318 cm³/mol. The van der Waals surface area contributed by atoms with E-state index in [2.05, 4.69) is 41.5 Å². The molecule has 0 rings (SSSR count). The maximum absolute atomic E-state index is 12.0. The molecule has 0 aromatic heterocycles. The molecule has 67 heavy (non-hydrogen) atoms. The molecule has 0 aliphatic carbocycles. The van der Waals surface area contributed by atoms with Crippen molar-refractivity contribution in [1.29, 1.82) is 0 Å². The van der Waals surface area contributed by atoms with Crippen molar-refractivity contribution in [2.24, 2.45) is 0 Å². The van der Waals surface area contributed by atoms with E-state index in [-0.39, 0.29) is 26.2 Å². The van der Waals surface area contributed by atoms with Crippen LogP contribution in [0.25, 0.3) is 0 Å². The summed E-state index contributed by atoms with van der Waals surface area (Å²) in [7, 11) is 0. The first-order chi connectivity index (χ1) is 31.9. The topological polar surface area (TPSA) is 96.9 Å². The van der Waals surface area contributed by atoms with Crippen molar-refractivity contribution in [3.63, 3.8) is 0 Å². The Hall–Kier alpha value is 3.64. The Morgan fingerprint density at radius 1 is 0.269 bits per heavy atom. The van der Waals surface area contributed by atoms with Crippen LogP contribution in [-0.4, -0.2) is 63.3 Å². The zero-order chi connectivity index (χ0) is 49.6. The molecule has 0 aromatic rings. The van der Waals surface area contributed by atoms with Crippen molar-refractivity contribution in [3.05, 3.63) is 0 Å². The van der Waals surface area contributed by atoms with E-state index in [1.54, 1.807) is 0 Å². The van der Waals surface area contributed by atoms with E-state index in [4.69, 9.17) is 49.0 Å². The maximum Gasteiger partial charge on any atom is 3.00 e. The van der Waals surface area contributed by atoms with Crippen LogP contribution in [0.15, 0.2) is 0 Å². The molecular weight excluding hydrogens is 1200 g/mol. The summed E-state index contributed by atoms with van der Waals surface area (Å²) in [5, 5.41) is 0. The molecule has 0 bridgehead atoms. The van der Waals surface area contributed by atoms with Crippen LogP contribution in [0.3, 0.4) is 0 Å². The minimum Gasteiger partial charge on any atom is -0.793 e. The minimum absolute atomic E-state index is 0. The van der Waals surface area contributed by atoms with Gasteiger partial charge in [0.25, 0.3) is 0 Å². The molecule has 2 radical (unpaired) electrons. The molecule has 16 heteroatoms. The van der Waals surface area contributed by atoms with Gasteiger partial charge in [0, 0.05) is 17.1 Å². The second kappa shape index (κ2) is 62.2. The summed E-state index contributed by atoms with van der Waals surface area (Å²) in [5.74, 6) is 2.64. The van der Waals surface area contributed by atoms with Gasteiger partial charge in [0.1, 0.15) is 0 Å². The van der Waals surface area contributed by atoms with Crippen LogP contribution in [0.4, 0.5) is 0 Å². The van der Waals surface area contributed by atoms with Gasteiger partial charge in [-0.3, -0.25) is 0 Å². The number of hydrogen-bond donors (Lipinski definition) is 0. The zero-order valence-corrected chi connectivity index (χ0v) is 55.6. The minimum atomic E-state index is -2.81. The fourth-order valence-corrected chi connectivity index (χ4v) is 17.1. The van der Waals surface area contributed by atoms with Crippen molar-refractivity contribution in [2.45, 2.75) is 292 Å². The van der Waals surface area contributed by atoms with Gasteiger partial charge in [-0.05, 0) is 55.8 Å². The van der Waals surface area contributed by atoms with Gasteiger partial charge < -0.3 is 28.3 Å². The van der Waals surface area contributed by atoms with Crippen LogP contribution in [0.2, 0.25) is 0 Å². The van der Waals surface area contributed by atoms with Crippen molar-refractivity contribution in [3.8, 4) is 0 Å². The van der Waals surface area contributed by atoms with Gasteiger partial charge in [-0.1, -0.05) is 289 Å². The summed E-state index contributed by atoms with van der Waals surface area (Å²) in [6.07, 6.45) is 49.5. The molecule has 0 aromatic carbocycles. The molecular formula is C51H108BiO6P3S6. The second-order valence-corrected chi connectivity index (χ2v) is 36.5. The first-order valence-corrected chi connectivity index (χ1v) is 40.4. The average molecular weight is 1310 g/mol. The number of unbranched alkanes of at least 4 members (excludes halogenated alkanes) is 33. The third-order valence-corrected chi connectivity index (χ3v) is 24.3. The van der Waals surface area contributed by atoms with E-state index in [1.165, 1.54) is 208 Å². The molecule has 0 amide bonds. The number of rotatable bonds is 51. The van der Waals surface area contributed by atoms with E-state index < -0.39 is 17.1 Å². The molecule has 3 unspecified atom stereocenters. The summed E-state index contributed by atoms with van der Waals surface area (Å²) >= 11 is 19.3. The molecule has 0 fully saturated rings. The summed E-state index contributed by atoms with van der Waals surface area (Å²) in [6.45, 7) is 14.9. The van der Waals surface area contributed by atoms with Gasteiger partial charge in [0.15, 0.2) is 0 Å². The van der Waals surface area contributed by atoms with Crippen molar-refractivity contribution in [2.75, 3.05) is 37.1 Å². The molecule has 0 N–H and O–H groups in total. The standard InChI is InChI=1S/3C17H37O2PS2.Bi/c3*1-3-5-7-8-9-10-11-12-13-15-17-22-20(18,21)19-16-14-6-4-2;/h3*3-17H2,1-2H3,(H,18,21);/q;;;+3/p-3. The SMILES string of the molecule is CCCCCCCCCCCCSP([O-])(=S)OCCCCC.CCCCCCCCCCCCSP([O-])(=S)OCCCCC.CCCCCCCCCCCCSP([O-])(=S)OCCCCC.[Bi+3]. The second-order valence-electron chi connectivity index (χ2n) is 18.0. The molecule has 0 spiro atoms. The van der Waals surface area contributed by atoms with Crippen LogP contribution in [0.5, 0.6) is 0 Å². The Balaban J connectivity index is -0.000000441. The smallest absolute Gasteiger partial charge is 0.793 e. The summed E-state index contributed by atoms with van der Waals surface area (Å²) in [4.78, 5) is 36.0. The van der Waals surface area contributed by atoms with Crippen molar-refractivity contribution < 1.29 is 28.3 Å². The van der Waals surface area contributed by atoms with E-state index in [9.17, 15) is 14.7 Å². The van der Waals surface area contributed by atoms with Gasteiger partial charge in [-0.15, -0.1) is 34.1 Å². The summed E-state index contributed by atoms with van der Waals surface area (Å²) in [6, 6.07) is 0. The van der Waals surface area contributed by atoms with E-state index in [0.717, 1.165) is 94.3 Å². The third-order valence-electron chi connectivity index (χ3n) is 11.2. The Kier molecular flexibility index (Phi) is 71.6. The van der Waals surface area contributed by atoms with Crippen LogP contribution in [-0.2, 0) is 49.0 Å². The monoisotopic (exact) mass is 1310 g/mol. The largest absolute Gasteiger partial charge is 3.00 e. The fraction of sp³-hybridized carbons (Fsp3) is 1.00. The van der Waals surface area contributed by atoms with E-state index in [0.29, 0.717) is 19.8 Å². The van der Waals surface area contributed by atoms with Gasteiger partial charge in [-0.2, -0.15) is 0 Å². The van der Waals surface area contributed by atoms with Crippen molar-refractivity contribution in [1.82, 2.24) is 0 Å². The van der Waals surface area contributed by atoms with E-state index in [1.807, 2.05) is 0 Å². The van der Waals surface area contributed by atoms with Gasteiger partial charge in [0.05, 0.1) is 19.8 Å². The molecule has 0 aliphatic heterocycles. The molecule has 6 nitrogen and oxygen atoms in total. The molecule has 0 saturated carbocycles. The molecule has 0 saturated heterocycles. The van der Waals surface area contributed by atoms with Gasteiger partial charge in [0.2, 0.25) is 0 Å². The molecule has 404 valence electrons. The van der Waals surface area contributed by atoms with Crippen LogP contribution >= 0.6 is 51.2 Å². The molecule has 0 aliphatic rings. The fourth-order valence-electron chi connectivity index (χ4n) is 6.99. The summed E-state index contributed by atoms with van der Waals surface area (Å²) in [5.41, 5.74) is -8.43. The van der Waals surface area contributed by atoms with Gasteiger partial charge >= 0.3 is 26.2 Å². The van der Waals surface area contributed by atoms with Crippen LogP contribution in [0, 0.1) is 0 Å². The third kappa shape index (κ3) is 71.7. The van der Waals surface area contributed by atoms with Crippen LogP contribution in [0.1, 0.15) is 292 Å². The molecule has 3 atom stereocenters. The number of hydrogen-bond acceptors (Lipinski definition) is 12. The van der Waals surface area contributed by atoms with Crippen molar-refractivity contribution >= 4 is 113 Å². The quantitative estimate of drug-likeness (QED) is 0.0330. The van der Waals surface area contributed by atoms with Crippen LogP contribution < -0.4 is 14.7 Å². The molecule has 0 heterocycles. The van der Waals surface area contributed by atoms with Gasteiger partial charge in [-0.25, -0.2) is 0 Å². The zero-order valence-electron chi connectivity index (χ0n) is 44.5. The Bertz CT molecular complexity index is 962.